The van der Waals surface area contributed by atoms with Crippen molar-refractivity contribution in [1.82, 2.24) is 19.2 Å². The van der Waals surface area contributed by atoms with Gasteiger partial charge < -0.3 is 19.9 Å². The molecule has 1 aliphatic heterocycles. The fourth-order valence-electron chi connectivity index (χ4n) is 5.17. The van der Waals surface area contributed by atoms with Crippen LogP contribution >= 0.6 is 0 Å². The second-order valence-corrected chi connectivity index (χ2v) is 11.1. The van der Waals surface area contributed by atoms with E-state index in [0.29, 0.717) is 0 Å². The van der Waals surface area contributed by atoms with Gasteiger partial charge in [-0.25, -0.2) is 9.48 Å². The molecule has 2 N–H and O–H groups in total. The number of hydrogen-bond acceptors (Lipinski definition) is 4. The van der Waals surface area contributed by atoms with Gasteiger partial charge in [-0.3, -0.25) is 4.79 Å². The van der Waals surface area contributed by atoms with Gasteiger partial charge in [0.15, 0.2) is 5.69 Å². The molecular formula is C30H35N5O3. The Bertz CT molecular complexity index is 1480. The minimum Gasteiger partial charge on any atom is -0.444 e. The number of likely N-dealkylation sites (tertiary alicyclic amines) is 1. The SMILES string of the molecule is Cc1cc(C(N)=O)nn1-c1ccc2c(ccn2Cc2ccc(CC3CCCN3C(=O)OC(C)(C)C)cc2)c1. The zero-order valence-electron chi connectivity index (χ0n) is 22.5. The molecule has 38 heavy (non-hydrogen) atoms. The number of carbonyl (C=O) groups excluding carboxylic acids is 2. The third-order valence-electron chi connectivity index (χ3n) is 6.99. The zero-order valence-corrected chi connectivity index (χ0v) is 22.5. The van der Waals surface area contributed by atoms with Gasteiger partial charge in [0.25, 0.3) is 5.91 Å². The molecule has 1 aliphatic rings. The second-order valence-electron chi connectivity index (χ2n) is 11.1. The van der Waals surface area contributed by atoms with E-state index in [0.717, 1.165) is 54.6 Å². The molecule has 0 saturated carbocycles. The Balaban J connectivity index is 1.27. The number of nitrogens with two attached hydrogens (primary N) is 1. The van der Waals surface area contributed by atoms with Crippen LogP contribution in [0.2, 0.25) is 0 Å². The zero-order chi connectivity index (χ0) is 27.0. The number of primary amides is 1. The van der Waals surface area contributed by atoms with Crippen LogP contribution in [0.5, 0.6) is 0 Å². The van der Waals surface area contributed by atoms with E-state index in [-0.39, 0.29) is 17.8 Å². The average molecular weight is 514 g/mol. The van der Waals surface area contributed by atoms with E-state index in [9.17, 15) is 9.59 Å². The topological polar surface area (TPSA) is 95.4 Å². The summed E-state index contributed by atoms with van der Waals surface area (Å²) >= 11 is 0. The normalized spacial score (nSPS) is 15.8. The maximum atomic E-state index is 12.6. The van der Waals surface area contributed by atoms with Crippen LogP contribution in [0.25, 0.3) is 16.6 Å². The van der Waals surface area contributed by atoms with Gasteiger partial charge in [0.05, 0.1) is 5.69 Å². The molecule has 2 aromatic carbocycles. The standard InChI is InChI=1S/C30H35N5O3/c1-20-16-26(28(31)36)32-35(20)25-11-12-27-23(18-25)13-15-33(27)19-22-9-7-21(8-10-22)17-24-6-5-14-34(24)29(37)38-30(2,3)4/h7-13,15-16,18,24H,5-6,14,17,19H2,1-4H3,(H2,31,36). The Hall–Kier alpha value is -4.07. The summed E-state index contributed by atoms with van der Waals surface area (Å²) < 4.78 is 9.57. The van der Waals surface area contributed by atoms with Gasteiger partial charge in [-0.2, -0.15) is 5.10 Å². The first kappa shape index (κ1) is 25.6. The highest BCUT2D eigenvalue weighted by Crippen LogP contribution is 2.25. The van der Waals surface area contributed by atoms with Gasteiger partial charge >= 0.3 is 6.09 Å². The van der Waals surface area contributed by atoms with Crippen molar-refractivity contribution in [2.45, 2.75) is 65.1 Å². The maximum absolute atomic E-state index is 12.6. The Kier molecular flexibility index (Phi) is 6.73. The summed E-state index contributed by atoms with van der Waals surface area (Å²) in [7, 11) is 0. The van der Waals surface area contributed by atoms with Crippen LogP contribution in [-0.2, 0) is 17.7 Å². The summed E-state index contributed by atoms with van der Waals surface area (Å²) in [6.45, 7) is 9.13. The molecule has 198 valence electrons. The molecule has 2 aromatic heterocycles. The van der Waals surface area contributed by atoms with Crippen molar-refractivity contribution in [3.8, 4) is 5.69 Å². The minimum absolute atomic E-state index is 0.177. The van der Waals surface area contributed by atoms with Crippen molar-refractivity contribution in [2.75, 3.05) is 6.54 Å². The smallest absolute Gasteiger partial charge is 0.410 e. The molecule has 8 nitrogen and oxygen atoms in total. The van der Waals surface area contributed by atoms with Gasteiger partial charge in [0.1, 0.15) is 5.60 Å². The van der Waals surface area contributed by atoms with Gasteiger partial charge in [-0.05, 0) is 88.4 Å². The van der Waals surface area contributed by atoms with E-state index in [4.69, 9.17) is 10.5 Å². The van der Waals surface area contributed by atoms with Gasteiger partial charge in [-0.1, -0.05) is 24.3 Å². The third-order valence-corrected chi connectivity index (χ3v) is 6.99. The van der Waals surface area contributed by atoms with E-state index in [1.54, 1.807) is 10.7 Å². The number of nitrogens with zero attached hydrogens (tertiary/aromatic N) is 4. The highest BCUT2D eigenvalue weighted by Gasteiger charge is 2.32. The van der Waals surface area contributed by atoms with Crippen molar-refractivity contribution < 1.29 is 14.3 Å². The van der Waals surface area contributed by atoms with Crippen LogP contribution in [0.4, 0.5) is 4.79 Å². The number of hydrogen-bond donors (Lipinski definition) is 1. The van der Waals surface area contributed by atoms with Crippen molar-refractivity contribution >= 4 is 22.9 Å². The molecule has 1 unspecified atom stereocenters. The van der Waals surface area contributed by atoms with Crippen LogP contribution < -0.4 is 5.73 Å². The highest BCUT2D eigenvalue weighted by atomic mass is 16.6. The van der Waals surface area contributed by atoms with Gasteiger partial charge in [-0.15, -0.1) is 0 Å². The van der Waals surface area contributed by atoms with Crippen molar-refractivity contribution in [2.24, 2.45) is 5.73 Å². The van der Waals surface area contributed by atoms with E-state index in [2.05, 4.69) is 58.3 Å². The van der Waals surface area contributed by atoms with Crippen LogP contribution in [0.3, 0.4) is 0 Å². The predicted molar refractivity (Wildman–Crippen MR) is 148 cm³/mol. The monoisotopic (exact) mass is 513 g/mol. The molecule has 8 heteroatoms. The quantitative estimate of drug-likeness (QED) is 0.382. The Morgan fingerprint density at radius 2 is 1.79 bits per heavy atom. The Morgan fingerprint density at radius 3 is 2.47 bits per heavy atom. The van der Waals surface area contributed by atoms with Crippen LogP contribution in [-0.4, -0.2) is 49.4 Å². The van der Waals surface area contributed by atoms with E-state index in [1.165, 1.54) is 11.1 Å². The summed E-state index contributed by atoms with van der Waals surface area (Å²) in [6, 6.07) is 18.8. The molecule has 0 bridgehead atoms. The highest BCUT2D eigenvalue weighted by molar-refractivity contribution is 5.91. The van der Waals surface area contributed by atoms with Crippen molar-refractivity contribution in [3.05, 3.63) is 83.3 Å². The van der Waals surface area contributed by atoms with Crippen LogP contribution in [0, 0.1) is 6.92 Å². The van der Waals surface area contributed by atoms with E-state index >= 15 is 0 Å². The summed E-state index contributed by atoms with van der Waals surface area (Å²) in [4.78, 5) is 26.0. The molecule has 3 heterocycles. The lowest BCUT2D eigenvalue weighted by molar-refractivity contribution is 0.0226. The predicted octanol–water partition coefficient (Wildman–Crippen LogP) is 5.22. The minimum atomic E-state index is -0.534. The molecule has 1 atom stereocenters. The number of amides is 2. The molecule has 1 saturated heterocycles. The largest absolute Gasteiger partial charge is 0.444 e. The fourth-order valence-corrected chi connectivity index (χ4v) is 5.17. The molecule has 1 fully saturated rings. The number of fused-ring (bicyclic) bond motifs is 1. The van der Waals surface area contributed by atoms with Gasteiger partial charge in [0, 0.05) is 41.9 Å². The Labute approximate surface area is 223 Å². The second kappa shape index (κ2) is 10.0. The maximum Gasteiger partial charge on any atom is 0.410 e. The first-order valence-corrected chi connectivity index (χ1v) is 13.1. The lowest BCUT2D eigenvalue weighted by Crippen LogP contribution is -2.40. The van der Waals surface area contributed by atoms with Gasteiger partial charge in [0.2, 0.25) is 0 Å². The molecule has 0 aliphatic carbocycles. The molecule has 5 rings (SSSR count). The lowest BCUT2D eigenvalue weighted by Gasteiger charge is -2.28. The number of rotatable bonds is 6. The first-order chi connectivity index (χ1) is 18.1. The summed E-state index contributed by atoms with van der Waals surface area (Å²) in [5.41, 5.74) is 10.5. The summed E-state index contributed by atoms with van der Waals surface area (Å²) in [5.74, 6) is -0.534. The number of benzene rings is 2. The lowest BCUT2D eigenvalue weighted by atomic mass is 10.0. The summed E-state index contributed by atoms with van der Waals surface area (Å²) in [5, 5.41) is 5.44. The van der Waals surface area contributed by atoms with Crippen LogP contribution in [0.15, 0.2) is 60.8 Å². The number of aromatic nitrogens is 3. The molecule has 0 radical (unpaired) electrons. The number of aryl methyl sites for hydroxylation is 1. The molecule has 2 amide bonds. The van der Waals surface area contributed by atoms with Crippen molar-refractivity contribution in [3.63, 3.8) is 0 Å². The summed E-state index contributed by atoms with van der Waals surface area (Å²) in [6.07, 6.45) is 4.72. The fraction of sp³-hybridized carbons (Fsp3) is 0.367. The average Bonchev–Trinajstić information content (AvgIpc) is 3.58. The first-order valence-electron chi connectivity index (χ1n) is 13.1. The molecule has 4 aromatic rings. The van der Waals surface area contributed by atoms with Crippen LogP contribution in [0.1, 0.15) is 60.9 Å². The molecule has 0 spiro atoms. The van der Waals surface area contributed by atoms with E-state index in [1.807, 2.05) is 38.7 Å². The van der Waals surface area contributed by atoms with Crippen molar-refractivity contribution in [1.29, 1.82) is 0 Å². The third kappa shape index (κ3) is 5.44. The number of ether oxygens (including phenoxy) is 1. The van der Waals surface area contributed by atoms with E-state index < -0.39 is 11.5 Å². The number of carbonyl (C=O) groups is 2. The molecular weight excluding hydrogens is 478 g/mol. The Morgan fingerprint density at radius 1 is 1.05 bits per heavy atom.